The van der Waals surface area contributed by atoms with Crippen LogP contribution in [-0.4, -0.2) is 35.9 Å². The van der Waals surface area contributed by atoms with Gasteiger partial charge in [-0.2, -0.15) is 0 Å². The first-order valence-electron chi connectivity index (χ1n) is 4.87. The second-order valence-corrected chi connectivity index (χ2v) is 3.60. The average molecular weight is 213 g/mol. The first-order valence-corrected chi connectivity index (χ1v) is 4.87. The minimum Gasteiger partial charge on any atom is -0.480 e. The standard InChI is InChI=1S/C10H19N3O2/c1-10(12,9(14)15)5-3-2-4-7-13-8-6-11/h2-3,6,11,13H,4-5,7-8,12H2,1H3,(H,14,15)/b3-2+,11-6?/t10-/m1/s1. The van der Waals surface area contributed by atoms with Crippen molar-refractivity contribution in [1.82, 2.24) is 5.32 Å². The third-order valence-electron chi connectivity index (χ3n) is 1.93. The molecule has 0 saturated heterocycles. The Morgan fingerprint density at radius 1 is 1.60 bits per heavy atom. The van der Waals surface area contributed by atoms with Crippen LogP contribution in [0.1, 0.15) is 19.8 Å². The Bertz CT molecular complexity index is 237. The van der Waals surface area contributed by atoms with Gasteiger partial charge in [-0.25, -0.2) is 0 Å². The first kappa shape index (κ1) is 13.8. The van der Waals surface area contributed by atoms with Gasteiger partial charge in [-0.3, -0.25) is 4.79 Å². The van der Waals surface area contributed by atoms with Crippen LogP contribution in [-0.2, 0) is 4.79 Å². The number of hydrogen-bond donors (Lipinski definition) is 4. The Balaban J connectivity index is 3.62. The molecule has 0 radical (unpaired) electrons. The number of rotatable bonds is 8. The maximum absolute atomic E-state index is 10.6. The van der Waals surface area contributed by atoms with E-state index < -0.39 is 11.5 Å². The molecule has 5 N–H and O–H groups in total. The van der Waals surface area contributed by atoms with Gasteiger partial charge in [0.2, 0.25) is 0 Å². The summed E-state index contributed by atoms with van der Waals surface area (Å²) in [6.07, 6.45) is 6.10. The Morgan fingerprint density at radius 2 is 2.27 bits per heavy atom. The Kier molecular flexibility index (Phi) is 6.57. The van der Waals surface area contributed by atoms with E-state index in [1.54, 1.807) is 6.08 Å². The molecule has 15 heavy (non-hydrogen) atoms. The van der Waals surface area contributed by atoms with E-state index in [9.17, 15) is 4.79 Å². The molecule has 0 spiro atoms. The highest BCUT2D eigenvalue weighted by Gasteiger charge is 2.25. The molecule has 0 aliphatic carbocycles. The number of nitrogens with one attached hydrogen (secondary N) is 2. The smallest absolute Gasteiger partial charge is 0.323 e. The molecule has 0 aliphatic rings. The van der Waals surface area contributed by atoms with E-state index >= 15 is 0 Å². The van der Waals surface area contributed by atoms with E-state index in [0.29, 0.717) is 13.0 Å². The van der Waals surface area contributed by atoms with Crippen molar-refractivity contribution in [2.24, 2.45) is 5.73 Å². The van der Waals surface area contributed by atoms with Gasteiger partial charge in [-0.05, 0) is 26.3 Å². The van der Waals surface area contributed by atoms with Crippen LogP contribution < -0.4 is 11.1 Å². The highest BCUT2D eigenvalue weighted by Crippen LogP contribution is 2.06. The van der Waals surface area contributed by atoms with E-state index in [1.807, 2.05) is 6.08 Å². The molecule has 0 aromatic rings. The molecule has 0 heterocycles. The summed E-state index contributed by atoms with van der Waals surface area (Å²) in [5.74, 6) is -0.992. The highest BCUT2D eigenvalue weighted by molar-refractivity contribution is 5.78. The predicted octanol–water partition coefficient (Wildman–Crippen LogP) is 0.364. The molecule has 86 valence electrons. The largest absolute Gasteiger partial charge is 0.480 e. The number of carboxylic acids is 1. The van der Waals surface area contributed by atoms with Gasteiger partial charge in [-0.1, -0.05) is 12.2 Å². The van der Waals surface area contributed by atoms with E-state index in [-0.39, 0.29) is 0 Å². The van der Waals surface area contributed by atoms with Crippen LogP contribution in [0.2, 0.25) is 0 Å². The van der Waals surface area contributed by atoms with Crippen LogP contribution in [0.15, 0.2) is 12.2 Å². The zero-order valence-electron chi connectivity index (χ0n) is 8.99. The van der Waals surface area contributed by atoms with E-state index in [0.717, 1.165) is 13.0 Å². The highest BCUT2D eigenvalue weighted by atomic mass is 16.4. The summed E-state index contributed by atoms with van der Waals surface area (Å²) >= 11 is 0. The maximum atomic E-state index is 10.6. The second-order valence-electron chi connectivity index (χ2n) is 3.60. The molecular formula is C10H19N3O2. The van der Waals surface area contributed by atoms with E-state index in [2.05, 4.69) is 5.32 Å². The molecule has 5 nitrogen and oxygen atoms in total. The van der Waals surface area contributed by atoms with Crippen molar-refractivity contribution in [3.05, 3.63) is 12.2 Å². The quantitative estimate of drug-likeness (QED) is 0.266. The van der Waals surface area contributed by atoms with Gasteiger partial charge in [0.15, 0.2) is 0 Å². The molecule has 0 aliphatic heterocycles. The van der Waals surface area contributed by atoms with Gasteiger partial charge in [0.25, 0.3) is 0 Å². The summed E-state index contributed by atoms with van der Waals surface area (Å²) in [4.78, 5) is 10.6. The molecule has 0 aromatic heterocycles. The molecule has 0 aromatic carbocycles. The SMILES string of the molecule is C[C@@](N)(C/C=C/CCNCC=N)C(=O)O. The van der Waals surface area contributed by atoms with Crippen molar-refractivity contribution >= 4 is 12.2 Å². The van der Waals surface area contributed by atoms with E-state index in [1.165, 1.54) is 13.1 Å². The second kappa shape index (κ2) is 7.14. The summed E-state index contributed by atoms with van der Waals surface area (Å²) < 4.78 is 0. The number of aliphatic carboxylic acids is 1. The molecule has 0 fully saturated rings. The normalized spacial score (nSPS) is 15.1. The van der Waals surface area contributed by atoms with Crippen LogP contribution in [0.3, 0.4) is 0 Å². The van der Waals surface area contributed by atoms with Crippen molar-refractivity contribution in [2.75, 3.05) is 13.1 Å². The van der Waals surface area contributed by atoms with Crippen LogP contribution in [0.5, 0.6) is 0 Å². The summed E-state index contributed by atoms with van der Waals surface area (Å²) in [6.45, 7) is 2.84. The van der Waals surface area contributed by atoms with Gasteiger partial charge >= 0.3 is 5.97 Å². The van der Waals surface area contributed by atoms with Crippen molar-refractivity contribution in [3.8, 4) is 0 Å². The Hall–Kier alpha value is -1.20. The van der Waals surface area contributed by atoms with Crippen molar-refractivity contribution in [2.45, 2.75) is 25.3 Å². The van der Waals surface area contributed by atoms with Gasteiger partial charge in [0.05, 0.1) is 0 Å². The lowest BCUT2D eigenvalue weighted by atomic mass is 9.99. The Labute approximate surface area is 89.9 Å². The molecular weight excluding hydrogens is 194 g/mol. The van der Waals surface area contributed by atoms with Crippen LogP contribution in [0, 0.1) is 5.41 Å². The number of hydrogen-bond acceptors (Lipinski definition) is 4. The molecule has 5 heteroatoms. The monoisotopic (exact) mass is 213 g/mol. The predicted molar refractivity (Wildman–Crippen MR) is 60.3 cm³/mol. The van der Waals surface area contributed by atoms with Gasteiger partial charge in [0.1, 0.15) is 5.54 Å². The number of nitrogens with two attached hydrogens (primary N) is 1. The van der Waals surface area contributed by atoms with Gasteiger partial charge in [0, 0.05) is 12.8 Å². The minimum absolute atomic E-state index is 0.326. The lowest BCUT2D eigenvalue weighted by Gasteiger charge is -2.16. The van der Waals surface area contributed by atoms with E-state index in [4.69, 9.17) is 16.2 Å². The van der Waals surface area contributed by atoms with Crippen LogP contribution >= 0.6 is 0 Å². The van der Waals surface area contributed by atoms with Crippen LogP contribution in [0.4, 0.5) is 0 Å². The van der Waals surface area contributed by atoms with Crippen molar-refractivity contribution in [3.63, 3.8) is 0 Å². The van der Waals surface area contributed by atoms with Crippen molar-refractivity contribution < 1.29 is 9.90 Å². The first-order chi connectivity index (χ1) is 7.00. The topological polar surface area (TPSA) is 99.2 Å². The zero-order valence-corrected chi connectivity index (χ0v) is 8.99. The lowest BCUT2D eigenvalue weighted by molar-refractivity contribution is -0.142. The van der Waals surface area contributed by atoms with Crippen LogP contribution in [0.25, 0.3) is 0 Å². The summed E-state index contributed by atoms with van der Waals surface area (Å²) in [7, 11) is 0. The molecule has 1 atom stereocenters. The summed E-state index contributed by atoms with van der Waals surface area (Å²) in [5.41, 5.74) is 4.34. The minimum atomic E-state index is -1.18. The fourth-order valence-electron chi connectivity index (χ4n) is 0.893. The third-order valence-corrected chi connectivity index (χ3v) is 1.93. The third kappa shape index (κ3) is 6.82. The van der Waals surface area contributed by atoms with Gasteiger partial charge < -0.3 is 21.6 Å². The molecule has 0 saturated carbocycles. The average Bonchev–Trinajstić information content (AvgIpc) is 2.16. The molecule has 0 amide bonds. The molecule has 0 bridgehead atoms. The summed E-state index contributed by atoms with van der Waals surface area (Å²) in [5, 5.41) is 18.5. The Morgan fingerprint density at radius 3 is 2.80 bits per heavy atom. The summed E-state index contributed by atoms with van der Waals surface area (Å²) in [6, 6.07) is 0. The maximum Gasteiger partial charge on any atom is 0.323 e. The molecule has 0 unspecified atom stereocenters. The fourth-order valence-corrected chi connectivity index (χ4v) is 0.893. The lowest BCUT2D eigenvalue weighted by Crippen LogP contribution is -2.44. The van der Waals surface area contributed by atoms with Gasteiger partial charge in [-0.15, -0.1) is 0 Å². The fraction of sp³-hybridized carbons (Fsp3) is 0.600. The molecule has 0 rings (SSSR count). The number of carboxylic acid groups (broad SMARTS) is 1. The van der Waals surface area contributed by atoms with Crippen molar-refractivity contribution in [1.29, 1.82) is 5.41 Å². The number of carbonyl (C=O) groups is 1. The zero-order chi connectivity index (χ0) is 11.7.